The van der Waals surface area contributed by atoms with Gasteiger partial charge in [-0.2, -0.15) is 26.3 Å². The van der Waals surface area contributed by atoms with Crippen LogP contribution in [0.25, 0.3) is 32.0 Å². The molecule has 0 saturated carbocycles. The number of halogens is 6. The van der Waals surface area contributed by atoms with Gasteiger partial charge in [0.05, 0.1) is 5.57 Å². The molecule has 0 nitrogen and oxygen atoms in total. The number of benzene rings is 2. The van der Waals surface area contributed by atoms with Gasteiger partial charge in [-0.15, -0.1) is 22.7 Å². The first-order valence-corrected chi connectivity index (χ1v) is 12.7. The van der Waals surface area contributed by atoms with Crippen LogP contribution in [0.3, 0.4) is 0 Å². The van der Waals surface area contributed by atoms with Crippen molar-refractivity contribution in [2.75, 3.05) is 0 Å². The fraction of sp³-hybridized carbons (Fsp3) is 0.214. The van der Waals surface area contributed by atoms with Crippen molar-refractivity contribution in [1.29, 1.82) is 0 Å². The van der Waals surface area contributed by atoms with Crippen LogP contribution in [0.4, 0.5) is 26.3 Å². The van der Waals surface area contributed by atoms with Gasteiger partial charge in [-0.3, -0.25) is 0 Å². The molecule has 1 aliphatic carbocycles. The average Bonchev–Trinajstić information content (AvgIpc) is 3.39. The van der Waals surface area contributed by atoms with Gasteiger partial charge in [-0.1, -0.05) is 60.7 Å². The molecule has 0 N–H and O–H groups in total. The van der Waals surface area contributed by atoms with E-state index in [-0.39, 0.29) is 26.4 Å². The summed E-state index contributed by atoms with van der Waals surface area (Å²) in [6.07, 6.45) is 0. The van der Waals surface area contributed by atoms with E-state index in [4.69, 9.17) is 0 Å². The van der Waals surface area contributed by atoms with Crippen molar-refractivity contribution in [2.24, 2.45) is 0 Å². The lowest BCUT2D eigenvalue weighted by Crippen LogP contribution is -2.48. The lowest BCUT2D eigenvalue weighted by atomic mass is 9.93. The number of aryl methyl sites for hydroxylation is 2. The van der Waals surface area contributed by atoms with Gasteiger partial charge < -0.3 is 0 Å². The highest BCUT2D eigenvalue weighted by molar-refractivity contribution is 7.17. The molecule has 2 aromatic carbocycles. The standard InChI is InChI=1S/C28H20F6S2/c1-15-14-20(18-10-6-4-7-11-18)36-24(15)23-22(26(29,30)28(33,34)27(23,31)32)21-16(2)25(35-17(21)3)19-12-8-5-9-13-19/h4-14H,1-3H3. The van der Waals surface area contributed by atoms with Gasteiger partial charge in [-0.25, -0.2) is 0 Å². The zero-order valence-electron chi connectivity index (χ0n) is 19.4. The summed E-state index contributed by atoms with van der Waals surface area (Å²) < 4.78 is 91.5. The molecule has 0 amide bonds. The van der Waals surface area contributed by atoms with Crippen LogP contribution < -0.4 is 0 Å². The summed E-state index contributed by atoms with van der Waals surface area (Å²) in [7, 11) is 0. The first-order chi connectivity index (χ1) is 16.9. The number of hydrogen-bond acceptors (Lipinski definition) is 2. The number of rotatable bonds is 4. The highest BCUT2D eigenvalue weighted by Gasteiger charge is 2.80. The molecular formula is C28H20F6S2. The van der Waals surface area contributed by atoms with Crippen molar-refractivity contribution in [3.8, 4) is 20.9 Å². The molecule has 36 heavy (non-hydrogen) atoms. The quantitative estimate of drug-likeness (QED) is 0.229. The van der Waals surface area contributed by atoms with Crippen LogP contribution in [0, 0.1) is 20.8 Å². The van der Waals surface area contributed by atoms with Crippen molar-refractivity contribution in [2.45, 2.75) is 38.5 Å². The second-order valence-electron chi connectivity index (χ2n) is 8.82. The van der Waals surface area contributed by atoms with Crippen molar-refractivity contribution in [1.82, 2.24) is 0 Å². The minimum atomic E-state index is -5.58. The van der Waals surface area contributed by atoms with Gasteiger partial charge >= 0.3 is 17.8 Å². The van der Waals surface area contributed by atoms with Gasteiger partial charge in [0.15, 0.2) is 0 Å². The molecule has 1 aliphatic rings. The lowest BCUT2D eigenvalue weighted by Gasteiger charge is -2.26. The van der Waals surface area contributed by atoms with Crippen LogP contribution >= 0.6 is 22.7 Å². The summed E-state index contributed by atoms with van der Waals surface area (Å²) >= 11 is 1.96. The summed E-state index contributed by atoms with van der Waals surface area (Å²) in [5.74, 6) is -15.7. The Morgan fingerprint density at radius 2 is 1.14 bits per heavy atom. The third-order valence-electron chi connectivity index (χ3n) is 6.48. The Balaban J connectivity index is 1.83. The monoisotopic (exact) mass is 534 g/mol. The molecule has 0 unspecified atom stereocenters. The van der Waals surface area contributed by atoms with E-state index < -0.39 is 28.9 Å². The van der Waals surface area contributed by atoms with Gasteiger partial charge in [0.2, 0.25) is 0 Å². The summed E-state index contributed by atoms with van der Waals surface area (Å²) in [5.41, 5.74) is -0.885. The third kappa shape index (κ3) is 3.41. The fourth-order valence-electron chi connectivity index (χ4n) is 4.72. The topological polar surface area (TPSA) is 0 Å². The maximum Gasteiger partial charge on any atom is 0.380 e. The molecule has 0 fully saturated rings. The zero-order chi connectivity index (χ0) is 26.0. The average molecular weight is 535 g/mol. The third-order valence-corrected chi connectivity index (χ3v) is 9.04. The normalized spacial score (nSPS) is 18.1. The van der Waals surface area contributed by atoms with Crippen LogP contribution in [-0.2, 0) is 0 Å². The van der Waals surface area contributed by atoms with E-state index in [1.165, 1.54) is 20.8 Å². The van der Waals surface area contributed by atoms with Gasteiger partial charge in [-0.05, 0) is 49.1 Å². The molecule has 0 radical (unpaired) electrons. The Morgan fingerprint density at radius 3 is 1.72 bits per heavy atom. The Labute approximate surface area is 212 Å². The predicted octanol–water partition coefficient (Wildman–Crippen LogP) is 9.90. The van der Waals surface area contributed by atoms with Crippen molar-refractivity contribution < 1.29 is 26.3 Å². The van der Waals surface area contributed by atoms with Crippen LogP contribution in [-0.4, -0.2) is 17.8 Å². The largest absolute Gasteiger partial charge is 0.380 e. The molecule has 4 aromatic rings. The van der Waals surface area contributed by atoms with Crippen LogP contribution in [0.15, 0.2) is 66.7 Å². The molecule has 5 rings (SSSR count). The maximum atomic E-state index is 15.5. The van der Waals surface area contributed by atoms with Crippen LogP contribution in [0.5, 0.6) is 0 Å². The second kappa shape index (κ2) is 8.35. The predicted molar refractivity (Wildman–Crippen MR) is 135 cm³/mol. The summed E-state index contributed by atoms with van der Waals surface area (Å²) in [6.45, 7) is 4.51. The lowest BCUT2D eigenvalue weighted by molar-refractivity contribution is -0.254. The first-order valence-electron chi connectivity index (χ1n) is 11.1. The van der Waals surface area contributed by atoms with Gasteiger partial charge in [0.1, 0.15) is 0 Å². The molecular weight excluding hydrogens is 514 g/mol. The van der Waals surface area contributed by atoms with E-state index in [0.717, 1.165) is 22.7 Å². The SMILES string of the molecule is Cc1cc(-c2ccccc2)sc1C1=C(c2c(C)sc(-c3ccccc3)c2C)C(F)(F)C(F)(F)C1(F)F. The molecule has 186 valence electrons. The maximum absolute atomic E-state index is 15.5. The summed E-state index contributed by atoms with van der Waals surface area (Å²) in [5, 5.41) is 0. The minimum Gasteiger partial charge on any atom is -0.194 e. The molecule has 0 aliphatic heterocycles. The van der Waals surface area contributed by atoms with E-state index in [1.54, 1.807) is 66.7 Å². The molecule has 2 heterocycles. The van der Waals surface area contributed by atoms with E-state index in [2.05, 4.69) is 0 Å². The van der Waals surface area contributed by atoms with E-state index in [0.29, 0.717) is 20.9 Å². The Bertz CT molecular complexity index is 1480. The number of allylic oxidation sites excluding steroid dienone is 2. The molecule has 8 heteroatoms. The molecule has 0 atom stereocenters. The number of hydrogen-bond donors (Lipinski definition) is 0. The van der Waals surface area contributed by atoms with E-state index in [9.17, 15) is 8.78 Å². The molecule has 0 spiro atoms. The Kier molecular flexibility index (Phi) is 5.76. The van der Waals surface area contributed by atoms with E-state index in [1.807, 2.05) is 0 Å². The Hall–Kier alpha value is -2.84. The highest BCUT2D eigenvalue weighted by Crippen LogP contribution is 2.66. The smallest absolute Gasteiger partial charge is 0.194 e. The van der Waals surface area contributed by atoms with Crippen molar-refractivity contribution in [3.05, 3.63) is 93.2 Å². The number of thiophene rings is 2. The zero-order valence-corrected chi connectivity index (χ0v) is 21.1. The first kappa shape index (κ1) is 24.8. The Morgan fingerprint density at radius 1 is 0.611 bits per heavy atom. The summed E-state index contributed by atoms with van der Waals surface area (Å²) in [6, 6.07) is 19.2. The molecule has 0 saturated heterocycles. The van der Waals surface area contributed by atoms with Crippen LogP contribution in [0.1, 0.15) is 26.4 Å². The molecule has 2 aromatic heterocycles. The minimum absolute atomic E-state index is 0.232. The van der Waals surface area contributed by atoms with Crippen molar-refractivity contribution in [3.63, 3.8) is 0 Å². The number of alkyl halides is 6. The highest BCUT2D eigenvalue weighted by atomic mass is 32.1. The van der Waals surface area contributed by atoms with E-state index >= 15 is 17.6 Å². The van der Waals surface area contributed by atoms with Gasteiger partial charge in [0, 0.05) is 30.6 Å². The fourth-order valence-corrected chi connectivity index (χ4v) is 7.16. The van der Waals surface area contributed by atoms with Gasteiger partial charge in [0.25, 0.3) is 0 Å². The molecule has 0 bridgehead atoms. The second-order valence-corrected chi connectivity index (χ2v) is 11.1. The van der Waals surface area contributed by atoms with Crippen LogP contribution in [0.2, 0.25) is 0 Å². The van der Waals surface area contributed by atoms with Crippen molar-refractivity contribution >= 4 is 33.8 Å². The summed E-state index contributed by atoms with van der Waals surface area (Å²) in [4.78, 5) is 1.15.